The molecule has 1 atom stereocenters. The number of rotatable bonds is 5. The van der Waals surface area contributed by atoms with E-state index in [1.807, 2.05) is 13.0 Å². The standard InChI is InChI=1S/C16H13Cl3N2O4/c1-10-5-4-6-11(9-10)14(22)20-15(16(17,18)19)25-13-8-3-2-7-12(13)21(23)24/h2-9,15H,1H3,(H,20,22)/t15-/m0/s1. The normalized spacial score (nSPS) is 12.3. The number of carbonyl (C=O) groups excluding carboxylic acids is 1. The smallest absolute Gasteiger partial charge is 0.311 e. The number of benzene rings is 2. The predicted octanol–water partition coefficient (Wildman–Crippen LogP) is 4.41. The Morgan fingerprint density at radius 2 is 1.88 bits per heavy atom. The molecule has 2 aromatic carbocycles. The van der Waals surface area contributed by atoms with Crippen LogP contribution >= 0.6 is 34.8 Å². The van der Waals surface area contributed by atoms with E-state index in [4.69, 9.17) is 39.5 Å². The summed E-state index contributed by atoms with van der Waals surface area (Å²) in [7, 11) is 0. The second-order valence-electron chi connectivity index (χ2n) is 5.11. The van der Waals surface area contributed by atoms with Gasteiger partial charge in [0.25, 0.3) is 5.91 Å². The summed E-state index contributed by atoms with van der Waals surface area (Å²) in [6.45, 7) is 1.83. The van der Waals surface area contributed by atoms with Crippen LogP contribution in [0.15, 0.2) is 48.5 Å². The lowest BCUT2D eigenvalue weighted by molar-refractivity contribution is -0.386. The first kappa shape index (κ1) is 19.3. The molecule has 0 aliphatic heterocycles. The molecule has 0 saturated heterocycles. The fourth-order valence-corrected chi connectivity index (χ4v) is 2.30. The van der Waals surface area contributed by atoms with E-state index in [1.165, 1.54) is 24.3 Å². The van der Waals surface area contributed by atoms with Crippen molar-refractivity contribution in [2.45, 2.75) is 16.9 Å². The average molecular weight is 404 g/mol. The molecule has 0 fully saturated rings. The first-order valence-electron chi connectivity index (χ1n) is 7.03. The molecule has 0 spiro atoms. The Hall–Kier alpha value is -2.02. The fraction of sp³-hybridized carbons (Fsp3) is 0.188. The van der Waals surface area contributed by atoms with Gasteiger partial charge in [0.2, 0.25) is 10.0 Å². The Balaban J connectivity index is 2.26. The van der Waals surface area contributed by atoms with E-state index in [0.717, 1.165) is 5.56 Å². The van der Waals surface area contributed by atoms with Crippen LogP contribution in [0.25, 0.3) is 0 Å². The van der Waals surface area contributed by atoms with Gasteiger partial charge in [0.1, 0.15) is 0 Å². The molecule has 2 aromatic rings. The van der Waals surface area contributed by atoms with Crippen LogP contribution in [0.3, 0.4) is 0 Å². The molecule has 0 aliphatic rings. The molecule has 0 aromatic heterocycles. The number of carbonyl (C=O) groups is 1. The van der Waals surface area contributed by atoms with Crippen LogP contribution in [0.4, 0.5) is 5.69 Å². The van der Waals surface area contributed by atoms with Gasteiger partial charge in [-0.2, -0.15) is 0 Å². The minimum atomic E-state index is -2.05. The zero-order chi connectivity index (χ0) is 18.6. The Morgan fingerprint density at radius 1 is 1.20 bits per heavy atom. The van der Waals surface area contributed by atoms with Gasteiger partial charge >= 0.3 is 5.69 Å². The average Bonchev–Trinajstić information content (AvgIpc) is 2.53. The molecule has 25 heavy (non-hydrogen) atoms. The zero-order valence-electron chi connectivity index (χ0n) is 12.9. The largest absolute Gasteiger partial charge is 0.459 e. The van der Waals surface area contributed by atoms with E-state index in [1.54, 1.807) is 18.2 Å². The van der Waals surface area contributed by atoms with Crippen LogP contribution in [0.1, 0.15) is 15.9 Å². The van der Waals surface area contributed by atoms with Gasteiger partial charge in [0, 0.05) is 11.6 Å². The van der Waals surface area contributed by atoms with E-state index >= 15 is 0 Å². The van der Waals surface area contributed by atoms with Gasteiger partial charge in [0.05, 0.1) is 4.92 Å². The number of nitro benzene ring substituents is 1. The molecule has 0 saturated carbocycles. The molecule has 0 bridgehead atoms. The number of hydrogen-bond donors (Lipinski definition) is 1. The van der Waals surface area contributed by atoms with Crippen molar-refractivity contribution in [1.29, 1.82) is 0 Å². The Morgan fingerprint density at radius 3 is 2.48 bits per heavy atom. The van der Waals surface area contributed by atoms with Gasteiger partial charge in [-0.3, -0.25) is 14.9 Å². The first-order chi connectivity index (χ1) is 11.7. The molecule has 0 unspecified atom stereocenters. The third-order valence-electron chi connectivity index (χ3n) is 3.15. The summed E-state index contributed by atoms with van der Waals surface area (Å²) in [5.74, 6) is -0.674. The van der Waals surface area contributed by atoms with Gasteiger partial charge in [-0.05, 0) is 25.1 Å². The zero-order valence-corrected chi connectivity index (χ0v) is 15.2. The van der Waals surface area contributed by atoms with Crippen molar-refractivity contribution in [2.75, 3.05) is 0 Å². The Labute approximate surface area is 158 Å². The molecule has 132 valence electrons. The van der Waals surface area contributed by atoms with E-state index in [-0.39, 0.29) is 11.4 Å². The molecule has 2 rings (SSSR count). The summed E-state index contributed by atoms with van der Waals surface area (Å²) in [4.78, 5) is 22.8. The molecule has 6 nitrogen and oxygen atoms in total. The van der Waals surface area contributed by atoms with Crippen molar-refractivity contribution in [3.8, 4) is 5.75 Å². The van der Waals surface area contributed by atoms with Crippen molar-refractivity contribution in [2.24, 2.45) is 0 Å². The monoisotopic (exact) mass is 402 g/mol. The topological polar surface area (TPSA) is 81.5 Å². The number of nitrogens with one attached hydrogen (secondary N) is 1. The van der Waals surface area contributed by atoms with E-state index in [2.05, 4.69) is 5.32 Å². The number of aryl methyl sites for hydroxylation is 1. The molecule has 0 radical (unpaired) electrons. The number of halogens is 3. The van der Waals surface area contributed by atoms with Gasteiger partial charge < -0.3 is 10.1 Å². The number of para-hydroxylation sites is 2. The van der Waals surface area contributed by atoms with Crippen molar-refractivity contribution in [3.63, 3.8) is 0 Å². The van der Waals surface area contributed by atoms with Crippen molar-refractivity contribution < 1.29 is 14.5 Å². The summed E-state index contributed by atoms with van der Waals surface area (Å²) in [6, 6.07) is 12.4. The number of nitro groups is 1. The van der Waals surface area contributed by atoms with Crippen molar-refractivity contribution in [1.82, 2.24) is 5.32 Å². The summed E-state index contributed by atoms with van der Waals surface area (Å²) in [6.07, 6.45) is -1.44. The highest BCUT2D eigenvalue weighted by atomic mass is 35.6. The van der Waals surface area contributed by atoms with E-state index in [9.17, 15) is 14.9 Å². The third-order valence-corrected chi connectivity index (χ3v) is 3.74. The highest BCUT2D eigenvalue weighted by molar-refractivity contribution is 6.68. The van der Waals surface area contributed by atoms with Crippen molar-refractivity contribution >= 4 is 46.4 Å². The van der Waals surface area contributed by atoms with Gasteiger partial charge in [-0.25, -0.2) is 0 Å². The highest BCUT2D eigenvalue weighted by Gasteiger charge is 2.37. The molecular weight excluding hydrogens is 391 g/mol. The fourth-order valence-electron chi connectivity index (χ4n) is 2.00. The third kappa shape index (κ3) is 5.22. The maximum absolute atomic E-state index is 12.4. The van der Waals surface area contributed by atoms with E-state index < -0.39 is 20.9 Å². The molecule has 9 heteroatoms. The second kappa shape index (κ2) is 7.91. The number of ether oxygens (including phenoxy) is 1. The lowest BCUT2D eigenvalue weighted by Gasteiger charge is -2.26. The molecule has 1 N–H and O–H groups in total. The first-order valence-corrected chi connectivity index (χ1v) is 8.16. The summed E-state index contributed by atoms with van der Waals surface area (Å²) < 4.78 is 3.37. The quantitative estimate of drug-likeness (QED) is 0.347. The van der Waals surface area contributed by atoms with Gasteiger partial charge in [0.15, 0.2) is 5.75 Å². The lowest BCUT2D eigenvalue weighted by atomic mass is 10.1. The van der Waals surface area contributed by atoms with Crippen LogP contribution in [-0.4, -0.2) is 20.9 Å². The maximum Gasteiger partial charge on any atom is 0.311 e. The summed E-state index contributed by atoms with van der Waals surface area (Å²) in [5.41, 5.74) is 0.898. The minimum Gasteiger partial charge on any atom is -0.459 e. The number of nitrogens with zero attached hydrogens (tertiary/aromatic N) is 1. The lowest BCUT2D eigenvalue weighted by Crippen LogP contribution is -2.47. The maximum atomic E-state index is 12.4. The molecule has 0 aliphatic carbocycles. The molecular formula is C16H13Cl3N2O4. The van der Waals surface area contributed by atoms with Crippen LogP contribution < -0.4 is 10.1 Å². The Kier molecular flexibility index (Phi) is 6.11. The second-order valence-corrected chi connectivity index (χ2v) is 7.48. The molecule has 0 heterocycles. The number of hydrogen-bond acceptors (Lipinski definition) is 4. The number of amides is 1. The van der Waals surface area contributed by atoms with Gasteiger partial charge in [-0.1, -0.05) is 64.6 Å². The summed E-state index contributed by atoms with van der Waals surface area (Å²) in [5, 5.41) is 13.5. The van der Waals surface area contributed by atoms with Crippen LogP contribution in [0.2, 0.25) is 0 Å². The van der Waals surface area contributed by atoms with Gasteiger partial charge in [-0.15, -0.1) is 0 Å². The summed E-state index contributed by atoms with van der Waals surface area (Å²) >= 11 is 17.6. The predicted molar refractivity (Wildman–Crippen MR) is 96.4 cm³/mol. The van der Waals surface area contributed by atoms with Crippen LogP contribution in [-0.2, 0) is 0 Å². The van der Waals surface area contributed by atoms with Crippen LogP contribution in [0.5, 0.6) is 5.75 Å². The molecule has 1 amide bonds. The van der Waals surface area contributed by atoms with E-state index in [0.29, 0.717) is 5.56 Å². The number of alkyl halides is 3. The minimum absolute atomic E-state index is 0.131. The Bertz CT molecular complexity index is 793. The SMILES string of the molecule is Cc1cccc(C(=O)N[C@@H](Oc2ccccc2[N+](=O)[O-])C(Cl)(Cl)Cl)c1. The highest BCUT2D eigenvalue weighted by Crippen LogP contribution is 2.35. The van der Waals surface area contributed by atoms with Crippen LogP contribution in [0, 0.1) is 17.0 Å². The van der Waals surface area contributed by atoms with Crippen molar-refractivity contribution in [3.05, 3.63) is 69.8 Å².